The van der Waals surface area contributed by atoms with Crippen LogP contribution in [0.15, 0.2) is 48.5 Å². The number of ether oxygens (including phenoxy) is 1. The highest BCUT2D eigenvalue weighted by Gasteiger charge is 2.13. The lowest BCUT2D eigenvalue weighted by Gasteiger charge is -2.21. The maximum Gasteiger partial charge on any atom is 0.226 e. The molecule has 5 heteroatoms. The molecule has 0 heterocycles. The minimum atomic E-state index is -0.140. The zero-order chi connectivity index (χ0) is 17.5. The van der Waals surface area contributed by atoms with Crippen molar-refractivity contribution in [1.82, 2.24) is 0 Å². The second-order valence-electron chi connectivity index (χ2n) is 5.54. The molecule has 24 heavy (non-hydrogen) atoms. The van der Waals surface area contributed by atoms with Gasteiger partial charge in [0, 0.05) is 31.3 Å². The monoisotopic (exact) mass is 326 g/mol. The van der Waals surface area contributed by atoms with Gasteiger partial charge in [-0.2, -0.15) is 0 Å². The molecule has 2 aromatic carbocycles. The van der Waals surface area contributed by atoms with Gasteiger partial charge in [-0.3, -0.25) is 9.59 Å². The van der Waals surface area contributed by atoms with Gasteiger partial charge in [0.25, 0.3) is 0 Å². The number of benzene rings is 2. The Bertz CT molecular complexity index is 711. The molecule has 0 saturated carbocycles. The predicted octanol–water partition coefficient (Wildman–Crippen LogP) is 3.39. The van der Waals surface area contributed by atoms with Crippen LogP contribution in [0.1, 0.15) is 18.9 Å². The lowest BCUT2D eigenvalue weighted by Crippen LogP contribution is -2.32. The van der Waals surface area contributed by atoms with Crippen LogP contribution in [0, 0.1) is 6.92 Å². The smallest absolute Gasteiger partial charge is 0.226 e. The Labute approximate surface area is 142 Å². The van der Waals surface area contributed by atoms with E-state index in [-0.39, 0.29) is 18.2 Å². The molecule has 2 amide bonds. The Kier molecular flexibility index (Phi) is 5.95. The van der Waals surface area contributed by atoms with E-state index in [1.54, 1.807) is 36.3 Å². The molecular formula is C19H22N2O3. The van der Waals surface area contributed by atoms with Gasteiger partial charge in [-0.1, -0.05) is 12.1 Å². The number of amides is 2. The zero-order valence-electron chi connectivity index (χ0n) is 14.2. The van der Waals surface area contributed by atoms with E-state index < -0.39 is 0 Å². The summed E-state index contributed by atoms with van der Waals surface area (Å²) >= 11 is 0. The van der Waals surface area contributed by atoms with Crippen LogP contribution >= 0.6 is 0 Å². The lowest BCUT2D eigenvalue weighted by molar-refractivity contribution is -0.117. The van der Waals surface area contributed by atoms with Crippen molar-refractivity contribution in [2.75, 3.05) is 23.9 Å². The number of rotatable bonds is 6. The Balaban J connectivity index is 1.96. The molecule has 0 atom stereocenters. The molecule has 0 aromatic heterocycles. The predicted molar refractivity (Wildman–Crippen MR) is 95.4 cm³/mol. The third kappa shape index (κ3) is 4.84. The van der Waals surface area contributed by atoms with Crippen LogP contribution in [-0.4, -0.2) is 25.5 Å². The van der Waals surface area contributed by atoms with Crippen molar-refractivity contribution in [2.45, 2.75) is 20.3 Å². The summed E-state index contributed by atoms with van der Waals surface area (Å²) in [6.07, 6.45) is 0.222. The molecule has 0 unspecified atom stereocenters. The van der Waals surface area contributed by atoms with Crippen molar-refractivity contribution >= 4 is 23.2 Å². The molecule has 0 bridgehead atoms. The topological polar surface area (TPSA) is 58.6 Å². The Hall–Kier alpha value is -2.82. The van der Waals surface area contributed by atoms with E-state index in [0.29, 0.717) is 12.2 Å². The molecule has 0 fully saturated rings. The van der Waals surface area contributed by atoms with Gasteiger partial charge in [-0.05, 0) is 48.9 Å². The van der Waals surface area contributed by atoms with Gasteiger partial charge in [0.2, 0.25) is 11.8 Å². The minimum Gasteiger partial charge on any atom is -0.497 e. The first-order valence-electron chi connectivity index (χ1n) is 7.78. The quantitative estimate of drug-likeness (QED) is 0.885. The van der Waals surface area contributed by atoms with Crippen LogP contribution < -0.4 is 15.0 Å². The Morgan fingerprint density at radius 2 is 1.83 bits per heavy atom. The molecule has 1 N–H and O–H groups in total. The number of anilines is 2. The number of nitrogens with one attached hydrogen (secondary N) is 1. The number of nitrogens with zero attached hydrogens (tertiary/aromatic N) is 1. The summed E-state index contributed by atoms with van der Waals surface area (Å²) in [5.41, 5.74) is 2.58. The van der Waals surface area contributed by atoms with E-state index in [1.807, 2.05) is 31.2 Å². The summed E-state index contributed by atoms with van der Waals surface area (Å²) in [7, 11) is 1.59. The Morgan fingerprint density at radius 3 is 2.42 bits per heavy atom. The molecule has 5 nitrogen and oxygen atoms in total. The molecule has 0 aliphatic rings. The molecule has 126 valence electrons. The normalized spacial score (nSPS) is 10.1. The molecular weight excluding hydrogens is 304 g/mol. The van der Waals surface area contributed by atoms with Crippen LogP contribution in [0.4, 0.5) is 11.4 Å². The van der Waals surface area contributed by atoms with Gasteiger partial charge >= 0.3 is 0 Å². The summed E-state index contributed by atoms with van der Waals surface area (Å²) in [4.78, 5) is 25.6. The van der Waals surface area contributed by atoms with Crippen molar-refractivity contribution in [1.29, 1.82) is 0 Å². The first-order valence-corrected chi connectivity index (χ1v) is 7.78. The number of aryl methyl sites for hydroxylation is 1. The largest absolute Gasteiger partial charge is 0.497 e. The van der Waals surface area contributed by atoms with Crippen molar-refractivity contribution in [3.8, 4) is 5.75 Å². The van der Waals surface area contributed by atoms with Crippen molar-refractivity contribution < 1.29 is 14.3 Å². The van der Waals surface area contributed by atoms with E-state index in [4.69, 9.17) is 4.74 Å². The number of carbonyl (C=O) groups excluding carboxylic acids is 2. The fraction of sp³-hybridized carbons (Fsp3) is 0.263. The number of hydrogen-bond donors (Lipinski definition) is 1. The van der Waals surface area contributed by atoms with Gasteiger partial charge in [-0.15, -0.1) is 0 Å². The number of hydrogen-bond acceptors (Lipinski definition) is 3. The first kappa shape index (κ1) is 17.5. The molecule has 0 spiro atoms. The standard InChI is InChI=1S/C19H22N2O3/c1-14-5-4-6-17(13-14)21(15(2)22)12-11-19(23)20-16-7-9-18(24-3)10-8-16/h4-10,13H,11-12H2,1-3H3,(H,20,23). The number of methoxy groups -OCH3 is 1. The Morgan fingerprint density at radius 1 is 1.12 bits per heavy atom. The van der Waals surface area contributed by atoms with Crippen LogP contribution in [0.3, 0.4) is 0 Å². The average molecular weight is 326 g/mol. The highest BCUT2D eigenvalue weighted by molar-refractivity contribution is 5.94. The molecule has 2 aromatic rings. The average Bonchev–Trinajstić information content (AvgIpc) is 2.55. The third-order valence-electron chi connectivity index (χ3n) is 3.63. The molecule has 0 saturated heterocycles. The van der Waals surface area contributed by atoms with Gasteiger partial charge in [-0.25, -0.2) is 0 Å². The fourth-order valence-corrected chi connectivity index (χ4v) is 2.38. The zero-order valence-corrected chi connectivity index (χ0v) is 14.2. The van der Waals surface area contributed by atoms with Crippen molar-refractivity contribution in [3.05, 3.63) is 54.1 Å². The summed E-state index contributed by atoms with van der Waals surface area (Å²) in [6.45, 7) is 3.81. The van der Waals surface area contributed by atoms with E-state index in [0.717, 1.165) is 17.0 Å². The first-order chi connectivity index (χ1) is 11.5. The van der Waals surface area contributed by atoms with Gasteiger partial charge in [0.05, 0.1) is 7.11 Å². The summed E-state index contributed by atoms with van der Waals surface area (Å²) < 4.78 is 5.08. The van der Waals surface area contributed by atoms with Crippen LogP contribution in [0.25, 0.3) is 0 Å². The van der Waals surface area contributed by atoms with Gasteiger partial charge in [0.1, 0.15) is 5.75 Å². The summed E-state index contributed by atoms with van der Waals surface area (Å²) in [5, 5.41) is 2.82. The van der Waals surface area contributed by atoms with E-state index in [9.17, 15) is 9.59 Å². The highest BCUT2D eigenvalue weighted by atomic mass is 16.5. The second kappa shape index (κ2) is 8.15. The van der Waals surface area contributed by atoms with E-state index >= 15 is 0 Å². The fourth-order valence-electron chi connectivity index (χ4n) is 2.38. The maximum absolute atomic E-state index is 12.1. The van der Waals surface area contributed by atoms with E-state index in [2.05, 4.69) is 5.32 Å². The van der Waals surface area contributed by atoms with E-state index in [1.165, 1.54) is 6.92 Å². The van der Waals surface area contributed by atoms with Crippen LogP contribution in [-0.2, 0) is 9.59 Å². The van der Waals surface area contributed by atoms with Crippen molar-refractivity contribution in [3.63, 3.8) is 0 Å². The highest BCUT2D eigenvalue weighted by Crippen LogP contribution is 2.18. The minimum absolute atomic E-state index is 0.0853. The van der Waals surface area contributed by atoms with Crippen LogP contribution in [0.5, 0.6) is 5.75 Å². The van der Waals surface area contributed by atoms with Crippen LogP contribution in [0.2, 0.25) is 0 Å². The lowest BCUT2D eigenvalue weighted by atomic mass is 10.2. The second-order valence-corrected chi connectivity index (χ2v) is 5.54. The molecule has 0 aliphatic carbocycles. The summed E-state index contributed by atoms with van der Waals surface area (Å²) in [6, 6.07) is 14.8. The van der Waals surface area contributed by atoms with Gasteiger partial charge in [0.15, 0.2) is 0 Å². The molecule has 0 radical (unpaired) electrons. The molecule has 0 aliphatic heterocycles. The third-order valence-corrected chi connectivity index (χ3v) is 3.63. The summed E-state index contributed by atoms with van der Waals surface area (Å²) in [5.74, 6) is 0.507. The van der Waals surface area contributed by atoms with Crippen molar-refractivity contribution in [2.24, 2.45) is 0 Å². The van der Waals surface area contributed by atoms with Gasteiger partial charge < -0.3 is 15.0 Å². The molecule has 2 rings (SSSR count). The SMILES string of the molecule is COc1ccc(NC(=O)CCN(C(C)=O)c2cccc(C)c2)cc1. The number of carbonyl (C=O) groups is 2. The maximum atomic E-state index is 12.1.